The molecule has 3 rings (SSSR count). The lowest BCUT2D eigenvalue weighted by molar-refractivity contribution is 0.335. The number of aromatic nitrogens is 2. The lowest BCUT2D eigenvalue weighted by Gasteiger charge is -2.14. The Balaban J connectivity index is 1.52. The van der Waals surface area contributed by atoms with Gasteiger partial charge in [-0.1, -0.05) is 0 Å². The molecule has 0 bridgehead atoms. The first kappa shape index (κ1) is 13.4. The second-order valence-corrected chi connectivity index (χ2v) is 5.29. The number of likely N-dealkylation sites (tertiary alicyclic amines) is 1. The van der Waals surface area contributed by atoms with E-state index in [0.29, 0.717) is 0 Å². The largest absolute Gasteiger partial charge is 0.497 e. The molecule has 1 saturated heterocycles. The SMILES string of the molecule is COc1ccc2nc(CNCCN3CCCC3)[nH]c2c1. The van der Waals surface area contributed by atoms with Crippen LogP contribution in [-0.4, -0.2) is 48.2 Å². The Kier molecular flexibility index (Phi) is 4.18. The highest BCUT2D eigenvalue weighted by Crippen LogP contribution is 2.18. The maximum Gasteiger partial charge on any atom is 0.121 e. The van der Waals surface area contributed by atoms with E-state index in [1.54, 1.807) is 7.11 Å². The molecule has 2 heterocycles. The second-order valence-electron chi connectivity index (χ2n) is 5.29. The van der Waals surface area contributed by atoms with Crippen LogP contribution in [-0.2, 0) is 6.54 Å². The molecule has 1 fully saturated rings. The van der Waals surface area contributed by atoms with Crippen molar-refractivity contribution in [3.8, 4) is 5.75 Å². The number of benzene rings is 1. The van der Waals surface area contributed by atoms with E-state index in [9.17, 15) is 0 Å². The Morgan fingerprint density at radius 1 is 1.35 bits per heavy atom. The van der Waals surface area contributed by atoms with E-state index in [-0.39, 0.29) is 0 Å². The number of nitrogens with one attached hydrogen (secondary N) is 2. The Morgan fingerprint density at radius 3 is 3.00 bits per heavy atom. The van der Waals surface area contributed by atoms with Crippen LogP contribution in [0.3, 0.4) is 0 Å². The van der Waals surface area contributed by atoms with E-state index >= 15 is 0 Å². The first-order valence-electron chi connectivity index (χ1n) is 7.31. The summed E-state index contributed by atoms with van der Waals surface area (Å²) in [5.41, 5.74) is 2.02. The number of hydrogen-bond acceptors (Lipinski definition) is 4. The summed E-state index contributed by atoms with van der Waals surface area (Å²) in [6, 6.07) is 5.90. The lowest BCUT2D eigenvalue weighted by atomic mass is 10.3. The molecule has 0 radical (unpaired) electrons. The van der Waals surface area contributed by atoms with Crippen LogP contribution in [0, 0.1) is 0 Å². The van der Waals surface area contributed by atoms with Crippen LogP contribution in [0.15, 0.2) is 18.2 Å². The first-order chi connectivity index (χ1) is 9.85. The van der Waals surface area contributed by atoms with Crippen molar-refractivity contribution in [2.45, 2.75) is 19.4 Å². The van der Waals surface area contributed by atoms with Crippen LogP contribution in [0.25, 0.3) is 11.0 Å². The molecule has 0 spiro atoms. The highest BCUT2D eigenvalue weighted by atomic mass is 16.5. The molecule has 1 aromatic carbocycles. The summed E-state index contributed by atoms with van der Waals surface area (Å²) in [5.74, 6) is 1.84. The van der Waals surface area contributed by atoms with Gasteiger partial charge >= 0.3 is 0 Å². The molecule has 0 saturated carbocycles. The van der Waals surface area contributed by atoms with E-state index in [1.807, 2.05) is 18.2 Å². The van der Waals surface area contributed by atoms with Crippen molar-refractivity contribution in [1.29, 1.82) is 0 Å². The number of aromatic amines is 1. The van der Waals surface area contributed by atoms with Crippen molar-refractivity contribution >= 4 is 11.0 Å². The van der Waals surface area contributed by atoms with Gasteiger partial charge in [0.15, 0.2) is 0 Å². The Bertz CT molecular complexity index is 560. The zero-order valence-corrected chi connectivity index (χ0v) is 12.0. The van der Waals surface area contributed by atoms with E-state index in [0.717, 1.165) is 42.2 Å². The van der Waals surface area contributed by atoms with Crippen LogP contribution in [0.4, 0.5) is 0 Å². The number of imidazole rings is 1. The Hall–Kier alpha value is -1.59. The zero-order chi connectivity index (χ0) is 13.8. The van der Waals surface area contributed by atoms with Crippen molar-refractivity contribution in [2.75, 3.05) is 33.3 Å². The zero-order valence-electron chi connectivity index (χ0n) is 12.0. The average Bonchev–Trinajstić information content (AvgIpc) is 3.11. The van der Waals surface area contributed by atoms with E-state index in [1.165, 1.54) is 25.9 Å². The smallest absolute Gasteiger partial charge is 0.121 e. The van der Waals surface area contributed by atoms with Gasteiger partial charge in [0.2, 0.25) is 0 Å². The highest BCUT2D eigenvalue weighted by Gasteiger charge is 2.10. The van der Waals surface area contributed by atoms with Gasteiger partial charge in [0, 0.05) is 19.2 Å². The van der Waals surface area contributed by atoms with Crippen molar-refractivity contribution in [3.63, 3.8) is 0 Å². The molecular formula is C15H22N4O. The van der Waals surface area contributed by atoms with Gasteiger partial charge < -0.3 is 19.9 Å². The maximum absolute atomic E-state index is 5.22. The van der Waals surface area contributed by atoms with Gasteiger partial charge in [-0.25, -0.2) is 4.98 Å². The van der Waals surface area contributed by atoms with Gasteiger partial charge in [-0.15, -0.1) is 0 Å². The number of H-pyrrole nitrogens is 1. The van der Waals surface area contributed by atoms with E-state index in [4.69, 9.17) is 4.74 Å². The second kappa shape index (κ2) is 6.24. The molecule has 5 nitrogen and oxygen atoms in total. The number of hydrogen-bond donors (Lipinski definition) is 2. The molecule has 2 N–H and O–H groups in total. The van der Waals surface area contributed by atoms with Crippen molar-refractivity contribution in [2.24, 2.45) is 0 Å². The van der Waals surface area contributed by atoms with Crippen LogP contribution in [0.1, 0.15) is 18.7 Å². The quantitative estimate of drug-likeness (QED) is 0.788. The van der Waals surface area contributed by atoms with Crippen molar-refractivity contribution < 1.29 is 4.74 Å². The highest BCUT2D eigenvalue weighted by molar-refractivity contribution is 5.76. The maximum atomic E-state index is 5.22. The molecule has 1 aromatic heterocycles. The lowest BCUT2D eigenvalue weighted by Crippen LogP contribution is -2.29. The van der Waals surface area contributed by atoms with Crippen LogP contribution < -0.4 is 10.1 Å². The van der Waals surface area contributed by atoms with Crippen LogP contribution in [0.5, 0.6) is 5.75 Å². The van der Waals surface area contributed by atoms with Gasteiger partial charge in [0.05, 0.1) is 24.7 Å². The fraction of sp³-hybridized carbons (Fsp3) is 0.533. The summed E-state index contributed by atoms with van der Waals surface area (Å²) in [7, 11) is 1.68. The fourth-order valence-electron chi connectivity index (χ4n) is 2.70. The monoisotopic (exact) mass is 274 g/mol. The molecule has 5 heteroatoms. The Labute approximate surface area is 119 Å². The Morgan fingerprint density at radius 2 is 2.20 bits per heavy atom. The van der Waals surface area contributed by atoms with Crippen molar-refractivity contribution in [1.82, 2.24) is 20.2 Å². The summed E-state index contributed by atoms with van der Waals surface area (Å²) in [6.07, 6.45) is 2.71. The summed E-state index contributed by atoms with van der Waals surface area (Å²) < 4.78 is 5.22. The minimum Gasteiger partial charge on any atom is -0.497 e. The van der Waals surface area contributed by atoms with Gasteiger partial charge in [-0.2, -0.15) is 0 Å². The number of rotatable bonds is 6. The predicted octanol–water partition coefficient (Wildman–Crippen LogP) is 1.76. The molecule has 108 valence electrons. The molecule has 0 aliphatic carbocycles. The number of nitrogens with zero attached hydrogens (tertiary/aromatic N) is 2. The summed E-state index contributed by atoms with van der Waals surface area (Å²) in [6.45, 7) is 5.44. The normalized spacial score (nSPS) is 16.1. The number of fused-ring (bicyclic) bond motifs is 1. The number of methoxy groups -OCH3 is 1. The van der Waals surface area contributed by atoms with Gasteiger partial charge in [0.1, 0.15) is 11.6 Å². The predicted molar refractivity (Wildman–Crippen MR) is 80.0 cm³/mol. The van der Waals surface area contributed by atoms with Crippen LogP contribution >= 0.6 is 0 Å². The molecule has 1 aliphatic rings. The van der Waals surface area contributed by atoms with Crippen LogP contribution in [0.2, 0.25) is 0 Å². The first-order valence-corrected chi connectivity index (χ1v) is 7.31. The summed E-state index contributed by atoms with van der Waals surface area (Å²) in [4.78, 5) is 10.4. The molecular weight excluding hydrogens is 252 g/mol. The molecule has 0 atom stereocenters. The standard InChI is InChI=1S/C15H22N4O/c1-20-12-4-5-13-14(10-12)18-15(17-13)11-16-6-9-19-7-2-3-8-19/h4-5,10,16H,2-3,6-9,11H2,1H3,(H,17,18). The molecule has 1 aliphatic heterocycles. The van der Waals surface area contributed by atoms with E-state index < -0.39 is 0 Å². The minimum absolute atomic E-state index is 0.783. The third kappa shape index (κ3) is 3.11. The number of ether oxygens (including phenoxy) is 1. The minimum atomic E-state index is 0.783. The molecule has 0 unspecified atom stereocenters. The summed E-state index contributed by atoms with van der Waals surface area (Å²) in [5, 5.41) is 3.45. The van der Waals surface area contributed by atoms with Crippen molar-refractivity contribution in [3.05, 3.63) is 24.0 Å². The third-order valence-corrected chi connectivity index (χ3v) is 3.83. The molecule has 20 heavy (non-hydrogen) atoms. The molecule has 0 amide bonds. The third-order valence-electron chi connectivity index (χ3n) is 3.83. The average molecular weight is 274 g/mol. The summed E-state index contributed by atoms with van der Waals surface area (Å²) >= 11 is 0. The fourth-order valence-corrected chi connectivity index (χ4v) is 2.70. The molecule has 2 aromatic rings. The van der Waals surface area contributed by atoms with Gasteiger partial charge in [0.25, 0.3) is 0 Å². The topological polar surface area (TPSA) is 53.2 Å². The van der Waals surface area contributed by atoms with E-state index in [2.05, 4.69) is 20.2 Å². The van der Waals surface area contributed by atoms with Gasteiger partial charge in [-0.3, -0.25) is 0 Å². The van der Waals surface area contributed by atoms with Gasteiger partial charge in [-0.05, 0) is 38.1 Å².